The number of hydrogen-bond donors (Lipinski definition) is 2. The number of halogens is 2. The summed E-state index contributed by atoms with van der Waals surface area (Å²) in [4.78, 5) is 29.5. The summed E-state index contributed by atoms with van der Waals surface area (Å²) in [5.41, 5.74) is 0.253. The van der Waals surface area contributed by atoms with Crippen LogP contribution in [-0.2, 0) is 4.74 Å². The van der Waals surface area contributed by atoms with Crippen LogP contribution in [0.2, 0.25) is 0 Å². The zero-order valence-electron chi connectivity index (χ0n) is 20.6. The molecule has 2 aromatic carbocycles. The van der Waals surface area contributed by atoms with Crippen LogP contribution in [0.25, 0.3) is 0 Å². The Balaban J connectivity index is 1.86. The van der Waals surface area contributed by atoms with E-state index in [9.17, 15) is 18.4 Å². The van der Waals surface area contributed by atoms with Crippen molar-refractivity contribution in [2.75, 3.05) is 51.5 Å². The van der Waals surface area contributed by atoms with E-state index in [1.807, 2.05) is 14.0 Å². The number of nitrogens with zero attached hydrogens (tertiary/aromatic N) is 2. The predicted molar refractivity (Wildman–Crippen MR) is 130 cm³/mol. The molecule has 190 valence electrons. The molecule has 1 aliphatic heterocycles. The van der Waals surface area contributed by atoms with Crippen molar-refractivity contribution in [1.29, 1.82) is 0 Å². The normalized spacial score (nSPS) is 21.9. The Morgan fingerprint density at radius 2 is 1.83 bits per heavy atom. The maximum absolute atomic E-state index is 13.9. The minimum absolute atomic E-state index is 0.0832. The molecular weight excluding hydrogens is 458 g/mol. The summed E-state index contributed by atoms with van der Waals surface area (Å²) in [6, 6.07) is 6.74. The number of anilines is 2. The summed E-state index contributed by atoms with van der Waals surface area (Å²) in [5.74, 6) is -1.20. The number of benzene rings is 2. The maximum Gasteiger partial charge on any atom is 0.323 e. The average Bonchev–Trinajstić information content (AvgIpc) is 2.82. The molecule has 0 fully saturated rings. The summed E-state index contributed by atoms with van der Waals surface area (Å²) in [5, 5.41) is 4.82. The van der Waals surface area contributed by atoms with E-state index in [0.29, 0.717) is 18.9 Å². The highest BCUT2D eigenvalue weighted by molar-refractivity contribution is 6.02. The van der Waals surface area contributed by atoms with Gasteiger partial charge in [0.25, 0.3) is 5.91 Å². The molecule has 1 heterocycles. The van der Waals surface area contributed by atoms with Crippen molar-refractivity contribution in [3.05, 3.63) is 53.6 Å². The van der Waals surface area contributed by atoms with E-state index < -0.39 is 17.7 Å². The van der Waals surface area contributed by atoms with E-state index in [-0.39, 0.29) is 40.9 Å². The minimum Gasteiger partial charge on any atom is -0.491 e. The number of rotatable bonds is 3. The number of methoxy groups -OCH3 is 1. The fraction of sp³-hybridized carbons (Fsp3) is 0.440. The molecule has 0 spiro atoms. The molecule has 2 aromatic rings. The topological polar surface area (TPSA) is 83.1 Å². The molecule has 0 radical (unpaired) electrons. The van der Waals surface area contributed by atoms with Crippen LogP contribution in [0.4, 0.5) is 25.0 Å². The van der Waals surface area contributed by atoms with E-state index in [2.05, 4.69) is 22.5 Å². The minimum atomic E-state index is -0.784. The lowest BCUT2D eigenvalue weighted by Crippen LogP contribution is -2.45. The Labute approximate surface area is 204 Å². The molecule has 2 N–H and O–H groups in total. The molecule has 0 saturated heterocycles. The molecule has 3 atom stereocenters. The summed E-state index contributed by atoms with van der Waals surface area (Å²) < 4.78 is 38.9. The van der Waals surface area contributed by atoms with Gasteiger partial charge in [-0.3, -0.25) is 9.69 Å². The first-order valence-electron chi connectivity index (χ1n) is 11.4. The van der Waals surface area contributed by atoms with Crippen molar-refractivity contribution >= 4 is 23.3 Å². The van der Waals surface area contributed by atoms with E-state index in [0.717, 1.165) is 24.7 Å². The Morgan fingerprint density at radius 1 is 1.09 bits per heavy atom. The number of carbonyl (C=O) groups is 2. The van der Waals surface area contributed by atoms with Gasteiger partial charge in [0.15, 0.2) is 0 Å². The van der Waals surface area contributed by atoms with E-state index in [1.54, 1.807) is 31.2 Å². The first kappa shape index (κ1) is 26.4. The lowest BCUT2D eigenvalue weighted by molar-refractivity contribution is 0.0150. The van der Waals surface area contributed by atoms with Gasteiger partial charge in [-0.1, -0.05) is 6.92 Å². The predicted octanol–water partition coefficient (Wildman–Crippen LogP) is 4.04. The van der Waals surface area contributed by atoms with Gasteiger partial charge in [0.2, 0.25) is 0 Å². The Bertz CT molecular complexity index is 1070. The van der Waals surface area contributed by atoms with Gasteiger partial charge in [0.1, 0.15) is 24.0 Å². The molecule has 8 nitrogen and oxygen atoms in total. The zero-order valence-corrected chi connectivity index (χ0v) is 20.6. The van der Waals surface area contributed by atoms with Crippen molar-refractivity contribution in [1.82, 2.24) is 9.80 Å². The van der Waals surface area contributed by atoms with Gasteiger partial charge in [0.05, 0.1) is 17.4 Å². The summed E-state index contributed by atoms with van der Waals surface area (Å²) in [6.07, 6.45) is -0.171. The summed E-state index contributed by atoms with van der Waals surface area (Å²) in [7, 11) is 5.34. The smallest absolute Gasteiger partial charge is 0.323 e. The zero-order chi connectivity index (χ0) is 25.7. The molecule has 0 unspecified atom stereocenters. The fourth-order valence-corrected chi connectivity index (χ4v) is 3.91. The average molecular weight is 491 g/mol. The number of ether oxygens (including phenoxy) is 2. The number of hydrogen-bond acceptors (Lipinski definition) is 5. The van der Waals surface area contributed by atoms with Gasteiger partial charge in [-0.2, -0.15) is 0 Å². The first-order chi connectivity index (χ1) is 16.6. The van der Waals surface area contributed by atoms with Crippen molar-refractivity contribution in [3.8, 4) is 5.75 Å². The third kappa shape index (κ3) is 6.67. The number of carbonyl (C=O) groups excluding carboxylic acids is 2. The third-order valence-electron chi connectivity index (χ3n) is 6.19. The SMILES string of the molecule is CO[C@@H]1CN(C)C(=O)c2cc(NC(=O)Nc3cc(F)ccc3F)ccc2OC[C@@H](C)N(C)C[C@H]1C. The highest BCUT2D eigenvalue weighted by atomic mass is 19.1. The van der Waals surface area contributed by atoms with Crippen molar-refractivity contribution in [2.24, 2.45) is 5.92 Å². The van der Waals surface area contributed by atoms with Gasteiger partial charge in [0, 0.05) is 45.0 Å². The fourth-order valence-electron chi connectivity index (χ4n) is 3.91. The largest absolute Gasteiger partial charge is 0.491 e. The third-order valence-corrected chi connectivity index (χ3v) is 6.19. The molecule has 0 aromatic heterocycles. The van der Waals surface area contributed by atoms with Crippen LogP contribution >= 0.6 is 0 Å². The Morgan fingerprint density at radius 3 is 2.54 bits per heavy atom. The van der Waals surface area contributed by atoms with Crippen LogP contribution in [0.3, 0.4) is 0 Å². The Hall–Kier alpha value is -3.24. The van der Waals surface area contributed by atoms with Crippen LogP contribution < -0.4 is 15.4 Å². The van der Waals surface area contributed by atoms with Gasteiger partial charge < -0.3 is 25.0 Å². The van der Waals surface area contributed by atoms with E-state index in [4.69, 9.17) is 9.47 Å². The van der Waals surface area contributed by atoms with Crippen molar-refractivity contribution in [2.45, 2.75) is 26.0 Å². The molecule has 35 heavy (non-hydrogen) atoms. The van der Waals surface area contributed by atoms with Crippen LogP contribution in [-0.4, -0.2) is 74.8 Å². The number of nitrogens with one attached hydrogen (secondary N) is 2. The number of fused-ring (bicyclic) bond motifs is 1. The monoisotopic (exact) mass is 490 g/mol. The first-order valence-corrected chi connectivity index (χ1v) is 11.4. The second-order valence-corrected chi connectivity index (χ2v) is 8.95. The molecule has 3 amide bonds. The van der Waals surface area contributed by atoms with Crippen LogP contribution in [0.15, 0.2) is 36.4 Å². The van der Waals surface area contributed by atoms with Crippen molar-refractivity contribution in [3.63, 3.8) is 0 Å². The lowest BCUT2D eigenvalue weighted by Gasteiger charge is -2.34. The molecule has 1 aliphatic rings. The van der Waals surface area contributed by atoms with E-state index in [1.165, 1.54) is 6.07 Å². The Kier molecular flexibility index (Phi) is 8.63. The summed E-state index contributed by atoms with van der Waals surface area (Å²) in [6.45, 7) is 5.63. The highest BCUT2D eigenvalue weighted by Crippen LogP contribution is 2.26. The van der Waals surface area contributed by atoms with Gasteiger partial charge in [-0.25, -0.2) is 13.6 Å². The molecular formula is C25H32F2N4O4. The van der Waals surface area contributed by atoms with Gasteiger partial charge in [-0.05, 0) is 50.2 Å². The number of amides is 3. The quantitative estimate of drug-likeness (QED) is 0.679. The standard InChI is InChI=1S/C25H32F2N4O4/c1-15-12-30(3)16(2)14-35-22-9-7-18(11-19(22)24(32)31(4)13-23(15)34-5)28-25(33)29-21-10-17(26)6-8-20(21)27/h6-11,15-16,23H,12-14H2,1-5H3,(H2,28,29,33)/t15-,16-,23-/m1/s1. The molecule has 0 saturated carbocycles. The number of urea groups is 1. The van der Waals surface area contributed by atoms with Gasteiger partial charge in [-0.15, -0.1) is 0 Å². The van der Waals surface area contributed by atoms with Gasteiger partial charge >= 0.3 is 6.03 Å². The van der Waals surface area contributed by atoms with Crippen LogP contribution in [0.1, 0.15) is 24.2 Å². The second kappa shape index (κ2) is 11.5. The van der Waals surface area contributed by atoms with Crippen LogP contribution in [0, 0.1) is 17.6 Å². The maximum atomic E-state index is 13.9. The van der Waals surface area contributed by atoms with E-state index >= 15 is 0 Å². The molecule has 0 bridgehead atoms. The molecule has 10 heteroatoms. The van der Waals surface area contributed by atoms with Crippen LogP contribution in [0.5, 0.6) is 5.75 Å². The highest BCUT2D eigenvalue weighted by Gasteiger charge is 2.27. The second-order valence-electron chi connectivity index (χ2n) is 8.95. The molecule has 3 rings (SSSR count). The van der Waals surface area contributed by atoms with Crippen molar-refractivity contribution < 1.29 is 27.8 Å². The summed E-state index contributed by atoms with van der Waals surface area (Å²) >= 11 is 0. The lowest BCUT2D eigenvalue weighted by atomic mass is 10.0. The number of likely N-dealkylation sites (N-methyl/N-ethyl adjacent to an activating group) is 2. The molecule has 0 aliphatic carbocycles.